The number of hydrogen-bond donors (Lipinski definition) is 0. The third-order valence-corrected chi connectivity index (χ3v) is 3.09. The third-order valence-electron chi connectivity index (χ3n) is 3.09. The topological polar surface area (TPSA) is 4.93 Å². The van der Waals surface area contributed by atoms with Gasteiger partial charge in [-0.05, 0) is 57.0 Å². The van der Waals surface area contributed by atoms with E-state index in [2.05, 4.69) is 62.6 Å². The molecule has 0 fully saturated rings. The molecule has 0 spiro atoms. The average molecular weight is 199 g/mol. The van der Waals surface area contributed by atoms with Crippen molar-refractivity contribution in [1.29, 1.82) is 0 Å². The summed E-state index contributed by atoms with van der Waals surface area (Å²) in [5, 5.41) is 0. The van der Waals surface area contributed by atoms with Gasteiger partial charge in [0.05, 0.1) is 0 Å². The standard InChI is InChI=1S/C14H17N/c1-10-6-5-7-14(13(10)4)15-11(2)8-9-12(15)3/h5-9H,1-4H3. The van der Waals surface area contributed by atoms with Crippen molar-refractivity contribution < 1.29 is 0 Å². The second-order valence-corrected chi connectivity index (χ2v) is 4.17. The van der Waals surface area contributed by atoms with Crippen LogP contribution >= 0.6 is 0 Å². The van der Waals surface area contributed by atoms with Crippen LogP contribution in [0, 0.1) is 27.7 Å². The van der Waals surface area contributed by atoms with Crippen molar-refractivity contribution >= 4 is 0 Å². The van der Waals surface area contributed by atoms with Crippen LogP contribution in [0.25, 0.3) is 5.69 Å². The molecule has 78 valence electrons. The predicted octanol–water partition coefficient (Wildman–Crippen LogP) is 3.71. The molecule has 0 radical (unpaired) electrons. The molecule has 1 heterocycles. The van der Waals surface area contributed by atoms with Gasteiger partial charge in [-0.25, -0.2) is 0 Å². The molecule has 2 aromatic rings. The van der Waals surface area contributed by atoms with Crippen LogP contribution in [0.2, 0.25) is 0 Å². The zero-order valence-corrected chi connectivity index (χ0v) is 9.83. The fourth-order valence-corrected chi connectivity index (χ4v) is 2.03. The van der Waals surface area contributed by atoms with Gasteiger partial charge in [0.25, 0.3) is 0 Å². The summed E-state index contributed by atoms with van der Waals surface area (Å²) in [6.45, 7) is 8.64. The number of nitrogens with zero attached hydrogens (tertiary/aromatic N) is 1. The van der Waals surface area contributed by atoms with E-state index in [4.69, 9.17) is 0 Å². The van der Waals surface area contributed by atoms with Gasteiger partial charge in [0.15, 0.2) is 0 Å². The van der Waals surface area contributed by atoms with Crippen LogP contribution in [0.15, 0.2) is 30.3 Å². The summed E-state index contributed by atoms with van der Waals surface area (Å²) in [6, 6.07) is 10.8. The minimum atomic E-state index is 1.29. The lowest BCUT2D eigenvalue weighted by Crippen LogP contribution is -2.01. The van der Waals surface area contributed by atoms with E-state index in [0.717, 1.165) is 0 Å². The van der Waals surface area contributed by atoms with Crippen molar-refractivity contribution in [3.63, 3.8) is 0 Å². The molecule has 0 bridgehead atoms. The Bertz CT molecular complexity index is 473. The van der Waals surface area contributed by atoms with Gasteiger partial charge in [-0.1, -0.05) is 12.1 Å². The first-order valence-electron chi connectivity index (χ1n) is 5.33. The molecule has 0 saturated carbocycles. The van der Waals surface area contributed by atoms with Gasteiger partial charge >= 0.3 is 0 Å². The molecule has 2 rings (SSSR count). The Morgan fingerprint density at radius 3 is 2.00 bits per heavy atom. The Labute approximate surface area is 91.4 Å². The van der Waals surface area contributed by atoms with Gasteiger partial charge in [-0.15, -0.1) is 0 Å². The van der Waals surface area contributed by atoms with Crippen LogP contribution in [0.5, 0.6) is 0 Å². The molecule has 1 aromatic heterocycles. The second kappa shape index (κ2) is 3.58. The second-order valence-electron chi connectivity index (χ2n) is 4.17. The van der Waals surface area contributed by atoms with Crippen LogP contribution in [-0.2, 0) is 0 Å². The quantitative estimate of drug-likeness (QED) is 0.659. The summed E-state index contributed by atoms with van der Waals surface area (Å²) >= 11 is 0. The average Bonchev–Trinajstić information content (AvgIpc) is 2.52. The Morgan fingerprint density at radius 1 is 0.800 bits per heavy atom. The smallest absolute Gasteiger partial charge is 0.0486 e. The molecule has 0 N–H and O–H groups in total. The van der Waals surface area contributed by atoms with E-state index in [-0.39, 0.29) is 0 Å². The molecule has 1 aromatic carbocycles. The third kappa shape index (κ3) is 1.58. The number of hydrogen-bond acceptors (Lipinski definition) is 0. The molecule has 0 aliphatic rings. The minimum Gasteiger partial charge on any atom is -0.318 e. The van der Waals surface area contributed by atoms with Crippen molar-refractivity contribution in [1.82, 2.24) is 4.57 Å². The molecule has 0 unspecified atom stereocenters. The highest BCUT2D eigenvalue weighted by atomic mass is 15.0. The number of benzene rings is 1. The molecule has 0 aliphatic heterocycles. The lowest BCUT2D eigenvalue weighted by Gasteiger charge is -2.14. The summed E-state index contributed by atoms with van der Waals surface area (Å²) in [7, 11) is 0. The van der Waals surface area contributed by atoms with Gasteiger partial charge in [0.1, 0.15) is 0 Å². The lowest BCUT2D eigenvalue weighted by molar-refractivity contribution is 0.951. The Hall–Kier alpha value is -1.50. The number of aromatic nitrogens is 1. The van der Waals surface area contributed by atoms with Crippen molar-refractivity contribution in [3.8, 4) is 5.69 Å². The molecule has 0 aliphatic carbocycles. The van der Waals surface area contributed by atoms with E-state index in [1.54, 1.807) is 0 Å². The van der Waals surface area contributed by atoms with E-state index in [1.807, 2.05) is 0 Å². The molecule has 15 heavy (non-hydrogen) atoms. The van der Waals surface area contributed by atoms with Crippen molar-refractivity contribution in [2.24, 2.45) is 0 Å². The summed E-state index contributed by atoms with van der Waals surface area (Å²) in [5.41, 5.74) is 6.59. The summed E-state index contributed by atoms with van der Waals surface area (Å²) in [4.78, 5) is 0. The first-order valence-corrected chi connectivity index (χ1v) is 5.33. The Balaban J connectivity index is 2.69. The van der Waals surface area contributed by atoms with Crippen molar-refractivity contribution in [2.45, 2.75) is 27.7 Å². The zero-order chi connectivity index (χ0) is 11.0. The highest BCUT2D eigenvalue weighted by Gasteiger charge is 2.07. The van der Waals surface area contributed by atoms with Crippen LogP contribution in [0.4, 0.5) is 0 Å². The number of rotatable bonds is 1. The molecule has 1 nitrogen and oxygen atoms in total. The highest BCUT2D eigenvalue weighted by molar-refractivity contribution is 5.47. The molecule has 0 saturated heterocycles. The lowest BCUT2D eigenvalue weighted by atomic mass is 10.1. The normalized spacial score (nSPS) is 10.7. The summed E-state index contributed by atoms with van der Waals surface area (Å²) in [6.07, 6.45) is 0. The van der Waals surface area contributed by atoms with Crippen molar-refractivity contribution in [3.05, 3.63) is 52.8 Å². The van der Waals surface area contributed by atoms with Crippen LogP contribution in [-0.4, -0.2) is 4.57 Å². The predicted molar refractivity (Wildman–Crippen MR) is 64.7 cm³/mol. The van der Waals surface area contributed by atoms with E-state index in [9.17, 15) is 0 Å². The van der Waals surface area contributed by atoms with E-state index in [0.29, 0.717) is 0 Å². The first-order chi connectivity index (χ1) is 7.11. The maximum atomic E-state index is 2.31. The maximum Gasteiger partial charge on any atom is 0.0486 e. The molecule has 0 amide bonds. The first kappa shape index (κ1) is 10.0. The van der Waals surface area contributed by atoms with E-state index >= 15 is 0 Å². The monoisotopic (exact) mass is 199 g/mol. The van der Waals surface area contributed by atoms with Gasteiger partial charge in [-0.3, -0.25) is 0 Å². The molecule has 0 atom stereocenters. The summed E-state index contributed by atoms with van der Waals surface area (Å²) < 4.78 is 2.31. The molecule has 1 heteroatoms. The SMILES string of the molecule is Cc1cccc(-n2c(C)ccc2C)c1C. The summed E-state index contributed by atoms with van der Waals surface area (Å²) in [5.74, 6) is 0. The Kier molecular flexibility index (Phi) is 2.39. The number of aryl methyl sites for hydroxylation is 3. The maximum absolute atomic E-state index is 2.31. The minimum absolute atomic E-state index is 1.29. The largest absolute Gasteiger partial charge is 0.318 e. The van der Waals surface area contributed by atoms with Crippen LogP contribution in [0.1, 0.15) is 22.5 Å². The highest BCUT2D eigenvalue weighted by Crippen LogP contribution is 2.21. The van der Waals surface area contributed by atoms with Gasteiger partial charge in [0.2, 0.25) is 0 Å². The van der Waals surface area contributed by atoms with Gasteiger partial charge in [0, 0.05) is 17.1 Å². The van der Waals surface area contributed by atoms with Gasteiger partial charge in [-0.2, -0.15) is 0 Å². The van der Waals surface area contributed by atoms with Crippen LogP contribution < -0.4 is 0 Å². The molecular weight excluding hydrogens is 182 g/mol. The van der Waals surface area contributed by atoms with E-state index in [1.165, 1.54) is 28.2 Å². The van der Waals surface area contributed by atoms with Crippen LogP contribution in [0.3, 0.4) is 0 Å². The van der Waals surface area contributed by atoms with E-state index < -0.39 is 0 Å². The Morgan fingerprint density at radius 2 is 1.40 bits per heavy atom. The van der Waals surface area contributed by atoms with Gasteiger partial charge < -0.3 is 4.57 Å². The fourth-order valence-electron chi connectivity index (χ4n) is 2.03. The van der Waals surface area contributed by atoms with Crippen molar-refractivity contribution in [2.75, 3.05) is 0 Å². The zero-order valence-electron chi connectivity index (χ0n) is 9.83. The fraction of sp³-hybridized carbons (Fsp3) is 0.286. The molecular formula is C14H17N.